The summed E-state index contributed by atoms with van der Waals surface area (Å²) in [6.07, 6.45) is 0.0201. The zero-order chi connectivity index (χ0) is 13.6. The van der Waals surface area contributed by atoms with Gasteiger partial charge in [0.05, 0.1) is 5.56 Å². The number of hydroxylamine groups is 1. The van der Waals surface area contributed by atoms with Crippen LogP contribution in [0, 0.1) is 0 Å². The minimum atomic E-state index is -4.09. The molecule has 1 aromatic rings. The standard InChI is InChI=1S/C11H10N2O5S/c14-10-8-4-1-2-5-9(8)19(16,17)13(10)18-11(15)12-6-3-7-12/h1-2,4-5H,3,6-7H2. The monoisotopic (exact) mass is 282 g/mol. The zero-order valence-corrected chi connectivity index (χ0v) is 10.6. The van der Waals surface area contributed by atoms with Gasteiger partial charge in [0.1, 0.15) is 4.90 Å². The lowest BCUT2D eigenvalue weighted by molar-refractivity contribution is -0.0305. The van der Waals surface area contributed by atoms with Crippen molar-refractivity contribution in [2.75, 3.05) is 13.1 Å². The van der Waals surface area contributed by atoms with Gasteiger partial charge in [-0.2, -0.15) is 8.42 Å². The maximum absolute atomic E-state index is 12.1. The molecule has 100 valence electrons. The van der Waals surface area contributed by atoms with E-state index in [2.05, 4.69) is 0 Å². The van der Waals surface area contributed by atoms with E-state index in [9.17, 15) is 18.0 Å². The predicted molar refractivity (Wildman–Crippen MR) is 62.5 cm³/mol. The van der Waals surface area contributed by atoms with Crippen LogP contribution < -0.4 is 0 Å². The van der Waals surface area contributed by atoms with E-state index in [1.807, 2.05) is 0 Å². The smallest absolute Gasteiger partial charge is 0.306 e. The van der Waals surface area contributed by atoms with Gasteiger partial charge < -0.3 is 9.74 Å². The molecule has 0 atom stereocenters. The van der Waals surface area contributed by atoms with Crippen molar-refractivity contribution in [2.45, 2.75) is 11.3 Å². The zero-order valence-electron chi connectivity index (χ0n) is 9.77. The maximum Gasteiger partial charge on any atom is 0.435 e. The number of amides is 2. The molecule has 0 saturated carbocycles. The molecule has 1 fully saturated rings. The Bertz CT molecular complexity index is 665. The third-order valence-electron chi connectivity index (χ3n) is 3.05. The third kappa shape index (κ3) is 1.67. The second kappa shape index (κ2) is 3.95. The topological polar surface area (TPSA) is 84.0 Å². The van der Waals surface area contributed by atoms with Crippen LogP contribution in [0.3, 0.4) is 0 Å². The van der Waals surface area contributed by atoms with E-state index in [0.29, 0.717) is 13.1 Å². The summed E-state index contributed by atoms with van der Waals surface area (Å²) in [7, 11) is -4.09. The largest absolute Gasteiger partial charge is 0.435 e. The number of benzene rings is 1. The average molecular weight is 282 g/mol. The first kappa shape index (κ1) is 12.0. The molecule has 0 spiro atoms. The number of carbonyl (C=O) groups excluding carboxylic acids is 2. The molecule has 2 aliphatic rings. The van der Waals surface area contributed by atoms with Gasteiger partial charge in [-0.25, -0.2) is 4.79 Å². The number of carbonyl (C=O) groups is 2. The van der Waals surface area contributed by atoms with Crippen LogP contribution in [0.4, 0.5) is 4.79 Å². The van der Waals surface area contributed by atoms with Crippen molar-refractivity contribution in [1.29, 1.82) is 0 Å². The number of fused-ring (bicyclic) bond motifs is 1. The van der Waals surface area contributed by atoms with Crippen LogP contribution in [-0.2, 0) is 14.9 Å². The third-order valence-corrected chi connectivity index (χ3v) is 4.64. The van der Waals surface area contributed by atoms with Crippen molar-refractivity contribution in [1.82, 2.24) is 9.37 Å². The number of nitrogens with zero attached hydrogens (tertiary/aromatic N) is 2. The Morgan fingerprint density at radius 2 is 1.89 bits per heavy atom. The Kier molecular flexibility index (Phi) is 2.49. The molecular formula is C11H10N2O5S. The summed E-state index contributed by atoms with van der Waals surface area (Å²) in [4.78, 5) is 29.4. The molecule has 0 radical (unpaired) electrons. The molecule has 19 heavy (non-hydrogen) atoms. The minimum Gasteiger partial charge on any atom is -0.306 e. The van der Waals surface area contributed by atoms with Gasteiger partial charge in [-0.3, -0.25) is 4.79 Å². The summed E-state index contributed by atoms with van der Waals surface area (Å²) < 4.78 is 24.3. The number of hydrogen-bond acceptors (Lipinski definition) is 5. The molecule has 7 nitrogen and oxygen atoms in total. The van der Waals surface area contributed by atoms with Crippen molar-refractivity contribution >= 4 is 22.0 Å². The normalized spacial score (nSPS) is 19.9. The highest BCUT2D eigenvalue weighted by Gasteiger charge is 2.45. The van der Waals surface area contributed by atoms with Crippen LogP contribution in [0.1, 0.15) is 16.8 Å². The lowest BCUT2D eigenvalue weighted by Gasteiger charge is -2.30. The molecule has 0 N–H and O–H groups in total. The molecule has 1 saturated heterocycles. The highest BCUT2D eigenvalue weighted by Crippen LogP contribution is 2.30. The average Bonchev–Trinajstić information content (AvgIpc) is 2.49. The van der Waals surface area contributed by atoms with Crippen LogP contribution in [0.15, 0.2) is 29.2 Å². The first-order valence-corrected chi connectivity index (χ1v) is 7.11. The van der Waals surface area contributed by atoms with E-state index < -0.39 is 22.0 Å². The molecule has 3 rings (SSSR count). The van der Waals surface area contributed by atoms with Gasteiger partial charge in [0.25, 0.3) is 10.0 Å². The first-order chi connectivity index (χ1) is 9.01. The van der Waals surface area contributed by atoms with E-state index in [0.717, 1.165) is 6.42 Å². The van der Waals surface area contributed by atoms with Crippen LogP contribution in [-0.4, -0.2) is 42.9 Å². The number of likely N-dealkylation sites (tertiary alicyclic amines) is 1. The fraction of sp³-hybridized carbons (Fsp3) is 0.273. The summed E-state index contributed by atoms with van der Waals surface area (Å²) in [5, 5.41) is 0. The number of sulfonamides is 1. The van der Waals surface area contributed by atoms with E-state index in [1.54, 1.807) is 6.07 Å². The van der Waals surface area contributed by atoms with Crippen molar-refractivity contribution in [2.24, 2.45) is 0 Å². The molecule has 0 unspecified atom stereocenters. The second-order valence-corrected chi connectivity index (χ2v) is 5.95. The fourth-order valence-corrected chi connectivity index (χ4v) is 3.22. The molecule has 2 heterocycles. The molecule has 0 bridgehead atoms. The summed E-state index contributed by atoms with van der Waals surface area (Å²) in [6, 6.07) is 5.74. The van der Waals surface area contributed by atoms with E-state index >= 15 is 0 Å². The summed E-state index contributed by atoms with van der Waals surface area (Å²) in [5.74, 6) is -0.843. The van der Waals surface area contributed by atoms with Crippen molar-refractivity contribution in [3.63, 3.8) is 0 Å². The van der Waals surface area contributed by atoms with Gasteiger partial charge in [0, 0.05) is 13.1 Å². The van der Waals surface area contributed by atoms with E-state index in [4.69, 9.17) is 4.84 Å². The highest BCUT2D eigenvalue weighted by atomic mass is 32.2. The van der Waals surface area contributed by atoms with Crippen LogP contribution in [0.2, 0.25) is 0 Å². The molecule has 0 aliphatic carbocycles. The Balaban J connectivity index is 1.92. The van der Waals surface area contributed by atoms with Gasteiger partial charge in [-0.1, -0.05) is 12.1 Å². The van der Waals surface area contributed by atoms with Crippen molar-refractivity contribution < 1.29 is 22.8 Å². The Hall–Kier alpha value is -2.09. The lowest BCUT2D eigenvalue weighted by atomic mass is 10.2. The first-order valence-electron chi connectivity index (χ1n) is 5.67. The molecule has 2 aliphatic heterocycles. The van der Waals surface area contributed by atoms with E-state index in [1.165, 1.54) is 23.1 Å². The lowest BCUT2D eigenvalue weighted by Crippen LogP contribution is -2.46. The molecular weight excluding hydrogens is 272 g/mol. The SMILES string of the molecule is O=C(ON1C(=O)c2ccccc2S1(=O)=O)N1CCC1. The summed E-state index contributed by atoms with van der Waals surface area (Å²) in [5.41, 5.74) is 0.0129. The van der Waals surface area contributed by atoms with E-state index in [-0.39, 0.29) is 14.9 Å². The minimum absolute atomic E-state index is 0.0129. The molecule has 0 aromatic heterocycles. The van der Waals surface area contributed by atoms with Crippen molar-refractivity contribution in [3.05, 3.63) is 29.8 Å². The Labute approximate surface area is 109 Å². The summed E-state index contributed by atoms with van der Waals surface area (Å²) in [6.45, 7) is 1.02. The van der Waals surface area contributed by atoms with Gasteiger partial charge in [0.2, 0.25) is 0 Å². The molecule has 1 aromatic carbocycles. The van der Waals surface area contributed by atoms with Gasteiger partial charge in [-0.05, 0) is 23.0 Å². The van der Waals surface area contributed by atoms with Gasteiger partial charge >= 0.3 is 12.0 Å². The van der Waals surface area contributed by atoms with Gasteiger partial charge in [0.15, 0.2) is 0 Å². The molecule has 2 amide bonds. The maximum atomic E-state index is 12.1. The van der Waals surface area contributed by atoms with Crippen LogP contribution in [0.5, 0.6) is 0 Å². The Morgan fingerprint density at radius 1 is 1.21 bits per heavy atom. The van der Waals surface area contributed by atoms with Gasteiger partial charge in [-0.15, -0.1) is 0 Å². The van der Waals surface area contributed by atoms with Crippen LogP contribution in [0.25, 0.3) is 0 Å². The molecule has 8 heteroatoms. The predicted octanol–water partition coefficient (Wildman–Crippen LogP) is 0.588. The highest BCUT2D eigenvalue weighted by molar-refractivity contribution is 7.90. The quantitative estimate of drug-likeness (QED) is 0.752. The van der Waals surface area contributed by atoms with Crippen molar-refractivity contribution in [3.8, 4) is 0 Å². The van der Waals surface area contributed by atoms with Crippen LogP contribution >= 0.6 is 0 Å². The number of hydrogen-bond donors (Lipinski definition) is 0. The number of rotatable bonds is 1. The second-order valence-electron chi connectivity index (χ2n) is 4.23. The Morgan fingerprint density at radius 3 is 2.47 bits per heavy atom. The summed E-state index contributed by atoms with van der Waals surface area (Å²) >= 11 is 0. The fourth-order valence-electron chi connectivity index (χ4n) is 1.88.